The predicted octanol–water partition coefficient (Wildman–Crippen LogP) is 1.24. The van der Waals surface area contributed by atoms with E-state index in [4.69, 9.17) is 9.47 Å². The zero-order chi connectivity index (χ0) is 16.3. The molecule has 126 valence electrons. The van der Waals surface area contributed by atoms with Gasteiger partial charge in [-0.1, -0.05) is 0 Å². The number of aliphatic hydroxyl groups is 1. The first-order chi connectivity index (χ1) is 11.1. The van der Waals surface area contributed by atoms with Crippen LogP contribution in [-0.4, -0.2) is 65.5 Å². The highest BCUT2D eigenvalue weighted by atomic mass is 16.5. The van der Waals surface area contributed by atoms with Crippen molar-refractivity contribution in [2.75, 3.05) is 33.4 Å². The largest absolute Gasteiger partial charge is 0.387 e. The van der Waals surface area contributed by atoms with Crippen molar-refractivity contribution in [1.29, 1.82) is 0 Å². The summed E-state index contributed by atoms with van der Waals surface area (Å²) in [5.41, 5.74) is -0.485. The highest BCUT2D eigenvalue weighted by Crippen LogP contribution is 2.39. The number of nitrogens with zero attached hydrogens (tertiary/aromatic N) is 2. The van der Waals surface area contributed by atoms with Crippen molar-refractivity contribution in [2.24, 2.45) is 0 Å². The number of hydrogen-bond donors (Lipinski definition) is 1. The molecule has 3 heterocycles. The molecule has 1 atom stereocenters. The van der Waals surface area contributed by atoms with E-state index >= 15 is 0 Å². The van der Waals surface area contributed by atoms with Crippen molar-refractivity contribution < 1.29 is 19.4 Å². The van der Waals surface area contributed by atoms with Crippen molar-refractivity contribution >= 4 is 5.91 Å². The summed E-state index contributed by atoms with van der Waals surface area (Å²) in [5, 5.41) is 10.6. The number of carbonyl (C=O) groups is 1. The van der Waals surface area contributed by atoms with Gasteiger partial charge >= 0.3 is 0 Å². The molecule has 0 bridgehead atoms. The average Bonchev–Trinajstić information content (AvgIpc) is 2.56. The van der Waals surface area contributed by atoms with Gasteiger partial charge < -0.3 is 19.5 Å². The van der Waals surface area contributed by atoms with Gasteiger partial charge in [-0.3, -0.25) is 9.78 Å². The van der Waals surface area contributed by atoms with Crippen LogP contribution in [0.25, 0.3) is 0 Å². The van der Waals surface area contributed by atoms with Crippen LogP contribution in [0.1, 0.15) is 36.0 Å². The lowest BCUT2D eigenvalue weighted by Gasteiger charge is -2.49. The summed E-state index contributed by atoms with van der Waals surface area (Å²) >= 11 is 0. The van der Waals surface area contributed by atoms with Crippen LogP contribution in [0.15, 0.2) is 24.5 Å². The van der Waals surface area contributed by atoms with E-state index in [1.807, 2.05) is 4.90 Å². The van der Waals surface area contributed by atoms with E-state index in [2.05, 4.69) is 4.98 Å². The highest BCUT2D eigenvalue weighted by molar-refractivity contribution is 5.94. The van der Waals surface area contributed by atoms with Gasteiger partial charge in [0.1, 0.15) is 0 Å². The Balaban J connectivity index is 1.63. The normalized spacial score (nSPS) is 27.1. The molecule has 6 nitrogen and oxygen atoms in total. The van der Waals surface area contributed by atoms with Crippen LogP contribution >= 0.6 is 0 Å². The van der Waals surface area contributed by atoms with Gasteiger partial charge in [0.15, 0.2) is 0 Å². The van der Waals surface area contributed by atoms with Crippen LogP contribution in [0.3, 0.4) is 0 Å². The summed E-state index contributed by atoms with van der Waals surface area (Å²) in [7, 11) is 1.61. The van der Waals surface area contributed by atoms with Gasteiger partial charge in [0.2, 0.25) is 0 Å². The molecule has 0 radical (unpaired) electrons. The molecular formula is C17H24N2O4. The molecule has 1 unspecified atom stereocenters. The Hall–Kier alpha value is -1.50. The minimum absolute atomic E-state index is 0.0326. The summed E-state index contributed by atoms with van der Waals surface area (Å²) in [6, 6.07) is 3.47. The van der Waals surface area contributed by atoms with Crippen molar-refractivity contribution in [2.45, 2.75) is 36.9 Å². The lowest BCUT2D eigenvalue weighted by atomic mass is 9.77. The number of amides is 1. The highest BCUT2D eigenvalue weighted by Gasteiger charge is 2.47. The van der Waals surface area contributed by atoms with Gasteiger partial charge in [-0.25, -0.2) is 0 Å². The second-order valence-electron chi connectivity index (χ2n) is 6.64. The average molecular weight is 320 g/mol. The number of carbonyl (C=O) groups excluding carboxylic acids is 1. The number of piperidine rings is 1. The van der Waals surface area contributed by atoms with Crippen molar-refractivity contribution in [3.63, 3.8) is 0 Å². The molecule has 1 amide bonds. The molecule has 0 saturated carbocycles. The van der Waals surface area contributed by atoms with E-state index in [0.29, 0.717) is 44.7 Å². The number of likely N-dealkylation sites (tertiary alicyclic amines) is 1. The van der Waals surface area contributed by atoms with Crippen molar-refractivity contribution in [3.05, 3.63) is 30.1 Å². The topological polar surface area (TPSA) is 71.9 Å². The molecule has 1 N–H and O–H groups in total. The Morgan fingerprint density at radius 2 is 2.04 bits per heavy atom. The van der Waals surface area contributed by atoms with Crippen LogP contribution < -0.4 is 0 Å². The number of hydrogen-bond acceptors (Lipinski definition) is 5. The van der Waals surface area contributed by atoms with E-state index in [-0.39, 0.29) is 11.5 Å². The maximum absolute atomic E-state index is 12.5. The van der Waals surface area contributed by atoms with Gasteiger partial charge in [0.25, 0.3) is 5.91 Å². The standard InChI is InChI=1S/C17H24N2O4/c1-22-13-16(21)6-11-23-17(12-16)4-9-19(10-5-17)15(20)14-2-7-18-8-3-14/h2-3,7-8,21H,4-6,9-13H2,1H3. The fraction of sp³-hybridized carbons (Fsp3) is 0.647. The molecule has 23 heavy (non-hydrogen) atoms. The minimum Gasteiger partial charge on any atom is -0.387 e. The summed E-state index contributed by atoms with van der Waals surface area (Å²) < 4.78 is 11.2. The molecule has 0 aliphatic carbocycles. The van der Waals surface area contributed by atoms with E-state index in [1.165, 1.54) is 0 Å². The number of rotatable bonds is 3. The molecule has 1 aromatic rings. The SMILES string of the molecule is COCC1(O)CCOC2(CCN(C(=O)c3ccncc3)CC2)C1. The molecule has 0 aromatic carbocycles. The fourth-order valence-electron chi connectivity index (χ4n) is 3.70. The van der Waals surface area contributed by atoms with Crippen LogP contribution in [0.5, 0.6) is 0 Å². The van der Waals surface area contributed by atoms with Crippen molar-refractivity contribution in [3.8, 4) is 0 Å². The van der Waals surface area contributed by atoms with E-state index in [1.54, 1.807) is 31.6 Å². The maximum Gasteiger partial charge on any atom is 0.253 e. The van der Waals surface area contributed by atoms with Crippen LogP contribution in [0, 0.1) is 0 Å². The molecule has 1 spiro atoms. The van der Waals surface area contributed by atoms with Gasteiger partial charge in [-0.15, -0.1) is 0 Å². The molecule has 3 rings (SSSR count). The van der Waals surface area contributed by atoms with Crippen LogP contribution in [0.2, 0.25) is 0 Å². The summed E-state index contributed by atoms with van der Waals surface area (Å²) in [6.07, 6.45) is 5.93. The third kappa shape index (κ3) is 3.54. The Morgan fingerprint density at radius 1 is 1.35 bits per heavy atom. The third-order valence-corrected chi connectivity index (χ3v) is 4.93. The molecule has 2 aliphatic heterocycles. The zero-order valence-electron chi connectivity index (χ0n) is 13.5. The summed E-state index contributed by atoms with van der Waals surface area (Å²) in [6.45, 7) is 2.16. The Kier molecular flexibility index (Phi) is 4.66. The molecular weight excluding hydrogens is 296 g/mol. The zero-order valence-corrected chi connectivity index (χ0v) is 13.5. The molecule has 1 aromatic heterocycles. The molecule has 2 fully saturated rings. The van der Waals surface area contributed by atoms with Crippen LogP contribution in [0.4, 0.5) is 0 Å². The molecule has 2 saturated heterocycles. The predicted molar refractivity (Wildman–Crippen MR) is 84.1 cm³/mol. The van der Waals surface area contributed by atoms with E-state index < -0.39 is 5.60 Å². The number of pyridine rings is 1. The second kappa shape index (κ2) is 6.55. The van der Waals surface area contributed by atoms with E-state index in [9.17, 15) is 9.90 Å². The number of aromatic nitrogens is 1. The van der Waals surface area contributed by atoms with Gasteiger partial charge in [0, 0.05) is 51.0 Å². The smallest absolute Gasteiger partial charge is 0.253 e. The quantitative estimate of drug-likeness (QED) is 0.907. The first kappa shape index (κ1) is 16.4. The lowest BCUT2D eigenvalue weighted by molar-refractivity contribution is -0.189. The Morgan fingerprint density at radius 3 is 2.70 bits per heavy atom. The first-order valence-electron chi connectivity index (χ1n) is 8.11. The minimum atomic E-state index is -0.815. The summed E-state index contributed by atoms with van der Waals surface area (Å²) in [5.74, 6) is 0.0326. The maximum atomic E-state index is 12.5. The summed E-state index contributed by atoms with van der Waals surface area (Å²) in [4.78, 5) is 18.3. The monoisotopic (exact) mass is 320 g/mol. The molecule has 6 heteroatoms. The van der Waals surface area contributed by atoms with Gasteiger partial charge in [-0.05, 0) is 25.0 Å². The Labute approximate surface area is 136 Å². The third-order valence-electron chi connectivity index (χ3n) is 4.93. The van der Waals surface area contributed by atoms with E-state index in [0.717, 1.165) is 12.8 Å². The Bertz CT molecular complexity index is 539. The van der Waals surface area contributed by atoms with Crippen molar-refractivity contribution in [1.82, 2.24) is 9.88 Å². The second-order valence-corrected chi connectivity index (χ2v) is 6.64. The van der Waals surface area contributed by atoms with Gasteiger partial charge in [0.05, 0.1) is 24.4 Å². The number of ether oxygens (including phenoxy) is 2. The van der Waals surface area contributed by atoms with Crippen LogP contribution in [-0.2, 0) is 9.47 Å². The first-order valence-corrected chi connectivity index (χ1v) is 8.11. The van der Waals surface area contributed by atoms with Gasteiger partial charge in [-0.2, -0.15) is 0 Å². The molecule has 2 aliphatic rings. The number of methoxy groups -OCH3 is 1. The lowest BCUT2D eigenvalue weighted by Crippen LogP contribution is -2.56. The fourth-order valence-corrected chi connectivity index (χ4v) is 3.70.